The molecular weight excluding hydrogens is 321 g/mol. The third-order valence-electron chi connectivity index (χ3n) is 2.48. The molecule has 9 heteroatoms. The standard InChI is InChI=1S/C12H9ClFN3O3S/c13-9-5-8(21(15,19)20)2-4-10(9)17-12(18)11-3-1-7(14)6-16-11/h1-6H,(H,17,18)(H2,15,19,20). The lowest BCUT2D eigenvalue weighted by molar-refractivity contribution is 0.102. The highest BCUT2D eigenvalue weighted by atomic mass is 35.5. The Morgan fingerprint density at radius 1 is 1.29 bits per heavy atom. The zero-order valence-corrected chi connectivity index (χ0v) is 12.0. The van der Waals surface area contributed by atoms with Crippen molar-refractivity contribution in [2.75, 3.05) is 5.32 Å². The largest absolute Gasteiger partial charge is 0.319 e. The molecule has 1 heterocycles. The van der Waals surface area contributed by atoms with Gasteiger partial charge < -0.3 is 5.32 Å². The Bertz CT molecular complexity index is 794. The summed E-state index contributed by atoms with van der Waals surface area (Å²) in [6.07, 6.45) is 0.903. The van der Waals surface area contributed by atoms with Gasteiger partial charge >= 0.3 is 0 Å². The van der Waals surface area contributed by atoms with Gasteiger partial charge in [-0.15, -0.1) is 0 Å². The van der Waals surface area contributed by atoms with Crippen molar-refractivity contribution < 1.29 is 17.6 Å². The number of rotatable bonds is 3. The monoisotopic (exact) mass is 329 g/mol. The summed E-state index contributed by atoms with van der Waals surface area (Å²) in [5.74, 6) is -1.18. The topological polar surface area (TPSA) is 102 Å². The number of aromatic nitrogens is 1. The molecule has 0 atom stereocenters. The van der Waals surface area contributed by atoms with Gasteiger partial charge in [-0.3, -0.25) is 4.79 Å². The van der Waals surface area contributed by atoms with Crippen LogP contribution in [0.5, 0.6) is 0 Å². The van der Waals surface area contributed by atoms with Gasteiger partial charge in [0.05, 0.1) is 21.8 Å². The Labute approximate surface area is 124 Å². The molecule has 1 aromatic heterocycles. The number of pyridine rings is 1. The van der Waals surface area contributed by atoms with Gasteiger partial charge in [-0.1, -0.05) is 11.6 Å². The number of carbonyl (C=O) groups excluding carboxylic acids is 1. The number of amides is 1. The second-order valence-electron chi connectivity index (χ2n) is 4.00. The van der Waals surface area contributed by atoms with Crippen LogP contribution in [0.2, 0.25) is 5.02 Å². The predicted octanol–water partition coefficient (Wildman–Crippen LogP) is 1.77. The fourth-order valence-electron chi connectivity index (χ4n) is 1.47. The molecule has 0 bridgehead atoms. The first-order valence-electron chi connectivity index (χ1n) is 5.52. The molecule has 2 rings (SSSR count). The van der Waals surface area contributed by atoms with Gasteiger partial charge in [0.1, 0.15) is 11.5 Å². The van der Waals surface area contributed by atoms with Crippen LogP contribution in [0.1, 0.15) is 10.5 Å². The number of carbonyl (C=O) groups is 1. The van der Waals surface area contributed by atoms with E-state index in [-0.39, 0.29) is 21.3 Å². The summed E-state index contributed by atoms with van der Waals surface area (Å²) in [6.45, 7) is 0. The highest BCUT2D eigenvalue weighted by Gasteiger charge is 2.13. The molecule has 0 aliphatic carbocycles. The number of primary sulfonamides is 1. The zero-order chi connectivity index (χ0) is 15.6. The molecule has 3 N–H and O–H groups in total. The molecule has 0 unspecified atom stereocenters. The van der Waals surface area contributed by atoms with E-state index in [1.807, 2.05) is 0 Å². The Morgan fingerprint density at radius 2 is 2.00 bits per heavy atom. The lowest BCUT2D eigenvalue weighted by Crippen LogP contribution is -2.15. The molecular formula is C12H9ClFN3O3S. The van der Waals surface area contributed by atoms with Crippen LogP contribution in [-0.2, 0) is 10.0 Å². The van der Waals surface area contributed by atoms with Gasteiger partial charge in [0.15, 0.2) is 0 Å². The highest BCUT2D eigenvalue weighted by Crippen LogP contribution is 2.25. The number of hydrogen-bond donors (Lipinski definition) is 2. The number of nitrogens with zero attached hydrogens (tertiary/aromatic N) is 1. The smallest absolute Gasteiger partial charge is 0.274 e. The lowest BCUT2D eigenvalue weighted by Gasteiger charge is -2.08. The van der Waals surface area contributed by atoms with Crippen LogP contribution in [0, 0.1) is 5.82 Å². The number of nitrogens with one attached hydrogen (secondary N) is 1. The van der Waals surface area contributed by atoms with E-state index in [1.54, 1.807) is 0 Å². The van der Waals surface area contributed by atoms with Crippen LogP contribution in [-0.4, -0.2) is 19.3 Å². The molecule has 2 aromatic rings. The summed E-state index contributed by atoms with van der Waals surface area (Å²) in [4.78, 5) is 15.3. The Morgan fingerprint density at radius 3 is 2.52 bits per heavy atom. The van der Waals surface area contributed by atoms with Crippen molar-refractivity contribution in [2.24, 2.45) is 5.14 Å². The van der Waals surface area contributed by atoms with Gasteiger partial charge in [0, 0.05) is 0 Å². The third-order valence-corrected chi connectivity index (χ3v) is 3.70. The van der Waals surface area contributed by atoms with Gasteiger partial charge in [0.2, 0.25) is 10.0 Å². The molecule has 0 fully saturated rings. The summed E-state index contributed by atoms with van der Waals surface area (Å²) < 4.78 is 35.0. The average molecular weight is 330 g/mol. The molecule has 1 aromatic carbocycles. The van der Waals surface area contributed by atoms with Crippen molar-refractivity contribution in [3.63, 3.8) is 0 Å². The number of sulfonamides is 1. The fraction of sp³-hybridized carbons (Fsp3) is 0. The van der Waals surface area contributed by atoms with Gasteiger partial charge in [0.25, 0.3) is 5.91 Å². The SMILES string of the molecule is NS(=O)(=O)c1ccc(NC(=O)c2ccc(F)cn2)c(Cl)c1. The molecule has 1 amide bonds. The van der Waals surface area contributed by atoms with Crippen molar-refractivity contribution in [1.29, 1.82) is 0 Å². The van der Waals surface area contributed by atoms with E-state index in [0.717, 1.165) is 18.3 Å². The molecule has 0 aliphatic rings. The first kappa shape index (κ1) is 15.4. The first-order valence-corrected chi connectivity index (χ1v) is 7.45. The van der Waals surface area contributed by atoms with Gasteiger partial charge in [-0.25, -0.2) is 22.9 Å². The van der Waals surface area contributed by atoms with Gasteiger partial charge in [-0.2, -0.15) is 0 Å². The second-order valence-corrected chi connectivity index (χ2v) is 5.97. The van der Waals surface area contributed by atoms with E-state index in [2.05, 4.69) is 10.3 Å². The van der Waals surface area contributed by atoms with Crippen molar-refractivity contribution >= 4 is 33.2 Å². The molecule has 0 saturated carbocycles. The summed E-state index contributed by atoms with van der Waals surface area (Å²) >= 11 is 5.88. The average Bonchev–Trinajstić information content (AvgIpc) is 2.40. The van der Waals surface area contributed by atoms with Crippen LogP contribution < -0.4 is 10.5 Å². The summed E-state index contributed by atoms with van der Waals surface area (Å²) in [6, 6.07) is 5.91. The van der Waals surface area contributed by atoms with E-state index in [1.165, 1.54) is 18.2 Å². The van der Waals surface area contributed by atoms with E-state index in [0.29, 0.717) is 0 Å². The Hall–Kier alpha value is -2.03. The Balaban J connectivity index is 2.24. The van der Waals surface area contributed by atoms with Crippen molar-refractivity contribution in [3.05, 3.63) is 53.1 Å². The van der Waals surface area contributed by atoms with Gasteiger partial charge in [-0.05, 0) is 30.3 Å². The first-order chi connectivity index (χ1) is 9.77. The number of anilines is 1. The summed E-state index contributed by atoms with van der Waals surface area (Å²) in [5, 5.41) is 7.39. The number of hydrogen-bond acceptors (Lipinski definition) is 4. The molecule has 0 saturated heterocycles. The number of nitrogens with two attached hydrogens (primary N) is 1. The van der Waals surface area contributed by atoms with E-state index < -0.39 is 21.7 Å². The minimum absolute atomic E-state index is 0.00279. The van der Waals surface area contributed by atoms with Crippen LogP contribution in [0.4, 0.5) is 10.1 Å². The normalized spacial score (nSPS) is 11.2. The highest BCUT2D eigenvalue weighted by molar-refractivity contribution is 7.89. The maximum Gasteiger partial charge on any atom is 0.274 e. The summed E-state index contributed by atoms with van der Waals surface area (Å²) in [7, 11) is -3.88. The van der Waals surface area contributed by atoms with E-state index >= 15 is 0 Å². The summed E-state index contributed by atoms with van der Waals surface area (Å²) in [5.41, 5.74) is 0.170. The zero-order valence-electron chi connectivity index (χ0n) is 10.4. The van der Waals surface area contributed by atoms with Crippen molar-refractivity contribution in [1.82, 2.24) is 4.98 Å². The lowest BCUT2D eigenvalue weighted by atomic mass is 10.3. The molecule has 0 radical (unpaired) electrons. The second kappa shape index (κ2) is 5.76. The maximum atomic E-state index is 12.7. The van der Waals surface area contributed by atoms with E-state index in [9.17, 15) is 17.6 Å². The van der Waals surface area contributed by atoms with Crippen molar-refractivity contribution in [3.8, 4) is 0 Å². The predicted molar refractivity (Wildman–Crippen MR) is 75.0 cm³/mol. The molecule has 0 aliphatic heterocycles. The third kappa shape index (κ3) is 3.75. The van der Waals surface area contributed by atoms with Crippen molar-refractivity contribution in [2.45, 2.75) is 4.90 Å². The number of halogens is 2. The minimum Gasteiger partial charge on any atom is -0.319 e. The van der Waals surface area contributed by atoms with Crippen LogP contribution in [0.3, 0.4) is 0 Å². The molecule has 21 heavy (non-hydrogen) atoms. The quantitative estimate of drug-likeness (QED) is 0.895. The minimum atomic E-state index is -3.88. The van der Waals surface area contributed by atoms with E-state index in [4.69, 9.17) is 16.7 Å². The van der Waals surface area contributed by atoms with Crippen LogP contribution in [0.25, 0.3) is 0 Å². The van der Waals surface area contributed by atoms with Crippen LogP contribution in [0.15, 0.2) is 41.4 Å². The number of benzene rings is 1. The molecule has 0 spiro atoms. The Kier molecular flexibility index (Phi) is 4.21. The maximum absolute atomic E-state index is 12.7. The molecule has 6 nitrogen and oxygen atoms in total. The fourth-order valence-corrected chi connectivity index (χ4v) is 2.30. The molecule has 110 valence electrons. The van der Waals surface area contributed by atoms with Crippen LogP contribution >= 0.6 is 11.6 Å².